The molecule has 0 radical (unpaired) electrons. The Bertz CT molecular complexity index is 1600. The summed E-state index contributed by atoms with van der Waals surface area (Å²) in [5.41, 5.74) is 1.23. The van der Waals surface area contributed by atoms with E-state index >= 15 is 0 Å². The zero-order valence-electron chi connectivity index (χ0n) is 37.1. The second-order valence-electron chi connectivity index (χ2n) is 21.0. The van der Waals surface area contributed by atoms with Crippen LogP contribution in [0.15, 0.2) is 11.6 Å². The van der Waals surface area contributed by atoms with Gasteiger partial charge in [0.2, 0.25) is 0 Å². The molecule has 0 aromatic carbocycles. The highest BCUT2D eigenvalue weighted by Crippen LogP contribution is 2.70. The first-order valence-electron chi connectivity index (χ1n) is 23.4. The van der Waals surface area contributed by atoms with Crippen molar-refractivity contribution < 1.29 is 89.3 Å². The lowest BCUT2D eigenvalue weighted by Crippen LogP contribution is -2.64. The molecule has 11 N–H and O–H groups in total. The molecule has 7 fully saturated rings. The Labute approximate surface area is 369 Å². The van der Waals surface area contributed by atoms with Crippen LogP contribution in [0.25, 0.3) is 0 Å². The van der Waals surface area contributed by atoms with E-state index in [0.717, 1.165) is 32.1 Å². The zero-order valence-corrected chi connectivity index (χ0v) is 37.1. The van der Waals surface area contributed by atoms with Gasteiger partial charge in [-0.3, -0.25) is 0 Å². The molecule has 362 valence electrons. The Hall–Kier alpha value is -0.980. The fourth-order valence-electron chi connectivity index (χ4n) is 13.5. The maximum atomic E-state index is 12.0. The van der Waals surface area contributed by atoms with E-state index in [2.05, 4.69) is 26.8 Å². The molecule has 4 saturated heterocycles. The van der Waals surface area contributed by atoms with Gasteiger partial charge in [0.05, 0.1) is 38.1 Å². The first-order valence-corrected chi connectivity index (χ1v) is 23.4. The average molecular weight is 903 g/mol. The lowest BCUT2D eigenvalue weighted by Gasteiger charge is -2.58. The van der Waals surface area contributed by atoms with Crippen LogP contribution in [0, 0.1) is 46.3 Å². The summed E-state index contributed by atoms with van der Waals surface area (Å²) in [6.07, 6.45) is -11.5. The second kappa shape index (κ2) is 18.5. The Morgan fingerprint density at radius 1 is 0.746 bits per heavy atom. The van der Waals surface area contributed by atoms with Crippen LogP contribution < -0.4 is 0 Å². The van der Waals surface area contributed by atoms with E-state index in [0.29, 0.717) is 43.4 Å². The highest BCUT2D eigenvalue weighted by atomic mass is 16.8. The van der Waals surface area contributed by atoms with Gasteiger partial charge in [0.1, 0.15) is 67.1 Å². The predicted molar refractivity (Wildman–Crippen MR) is 218 cm³/mol. The number of aliphatic hydroxyl groups excluding tert-OH is 10. The third kappa shape index (κ3) is 8.51. The van der Waals surface area contributed by atoms with Gasteiger partial charge < -0.3 is 89.3 Å². The SMILES string of the molecule is C[C@H](CC[C@@]1(O)O[C@H]2CC3C4CC=C5CC(O[C@@H]6O[C@H](CO)[C@@H](O)[C@H](O)[C@H]6O[C@@H]6O[C@@H](C)[C@H](O)[C@@H](O)[C@H]6O)CC[C@]5(C)C4CC[C@]3(C)[C@H]2[C@@H]1C)CO[C@@H]1O[C@H](CO)[C@@H](O)[C@H](O)[C@H]1O. The average Bonchev–Trinajstić information content (AvgIpc) is 3.70. The lowest BCUT2D eigenvalue weighted by molar-refractivity contribution is -0.369. The van der Waals surface area contributed by atoms with E-state index < -0.39 is 111 Å². The van der Waals surface area contributed by atoms with Gasteiger partial charge >= 0.3 is 0 Å². The summed E-state index contributed by atoms with van der Waals surface area (Å²) in [7, 11) is 0. The molecule has 4 heterocycles. The summed E-state index contributed by atoms with van der Waals surface area (Å²) >= 11 is 0. The van der Waals surface area contributed by atoms with Gasteiger partial charge in [-0.25, -0.2) is 0 Å². The minimum absolute atomic E-state index is 0.0148. The van der Waals surface area contributed by atoms with Gasteiger partial charge in [-0.05, 0) is 98.7 Å². The number of hydrogen-bond acceptors (Lipinski definition) is 18. The molecule has 18 nitrogen and oxygen atoms in total. The smallest absolute Gasteiger partial charge is 0.187 e. The number of hydrogen-bond donors (Lipinski definition) is 11. The molecule has 0 aromatic heterocycles. The molecule has 4 aliphatic heterocycles. The van der Waals surface area contributed by atoms with Crippen LogP contribution in [0.1, 0.15) is 92.4 Å². The van der Waals surface area contributed by atoms with Gasteiger partial charge in [0.25, 0.3) is 0 Å². The molecule has 0 spiro atoms. The summed E-state index contributed by atoms with van der Waals surface area (Å²) < 4.78 is 42.1. The standard InChI is InChI=1S/C45H74O18/c1-19(18-57-40-37(54)35(52)32(49)28(16-46)60-40)8-13-45(56)20(2)30-27(63-45)15-26-24-7-6-22-14-23(9-11-43(22,4)25(24)10-12-44(26,30)5)59-42-39(36(53)33(50)29(17-47)61-42)62-41-38(55)34(51)31(48)21(3)58-41/h6,19-21,23-42,46-56H,7-18H2,1-5H3/t19-,20+,21+,23?,24?,25?,26?,27+,28-,29-,30+,31+,32-,33-,34-,35+,36+,37-,38-,39-,40-,41+,42-,43+,44+,45-/m1/s1. The van der Waals surface area contributed by atoms with Crippen molar-refractivity contribution in [2.24, 2.45) is 46.3 Å². The summed E-state index contributed by atoms with van der Waals surface area (Å²) in [5, 5.41) is 115. The molecular weight excluding hydrogens is 828 g/mol. The molecule has 4 aliphatic carbocycles. The summed E-state index contributed by atoms with van der Waals surface area (Å²) in [6.45, 7) is 9.43. The molecule has 8 aliphatic rings. The van der Waals surface area contributed by atoms with Crippen molar-refractivity contribution in [1.82, 2.24) is 0 Å². The van der Waals surface area contributed by atoms with Gasteiger partial charge in [-0.15, -0.1) is 0 Å². The first-order chi connectivity index (χ1) is 29.8. The minimum atomic E-state index is -1.65. The third-order valence-electron chi connectivity index (χ3n) is 17.4. The van der Waals surface area contributed by atoms with E-state index in [-0.39, 0.29) is 47.4 Å². The number of allylic oxidation sites excluding steroid dienone is 1. The van der Waals surface area contributed by atoms with Crippen LogP contribution in [0.4, 0.5) is 0 Å². The molecule has 26 atom stereocenters. The fraction of sp³-hybridized carbons (Fsp3) is 0.956. The van der Waals surface area contributed by atoms with Crippen molar-refractivity contribution in [1.29, 1.82) is 0 Å². The molecule has 63 heavy (non-hydrogen) atoms. The van der Waals surface area contributed by atoms with Crippen molar-refractivity contribution in [2.45, 2.75) is 203 Å². The van der Waals surface area contributed by atoms with Crippen molar-refractivity contribution >= 4 is 0 Å². The van der Waals surface area contributed by atoms with Gasteiger partial charge in [0, 0.05) is 12.3 Å². The summed E-state index contributed by atoms with van der Waals surface area (Å²) in [6, 6.07) is 0. The summed E-state index contributed by atoms with van der Waals surface area (Å²) in [5.74, 6) is 0.0506. The van der Waals surface area contributed by atoms with Crippen LogP contribution in [0.2, 0.25) is 0 Å². The molecule has 0 amide bonds. The van der Waals surface area contributed by atoms with E-state index in [1.807, 2.05) is 6.92 Å². The molecule has 18 heteroatoms. The van der Waals surface area contributed by atoms with E-state index in [1.54, 1.807) is 0 Å². The maximum Gasteiger partial charge on any atom is 0.187 e. The molecule has 4 unspecified atom stereocenters. The fourth-order valence-corrected chi connectivity index (χ4v) is 13.5. The van der Waals surface area contributed by atoms with Crippen LogP contribution in [-0.2, 0) is 33.2 Å². The number of fused-ring (bicyclic) bond motifs is 7. The van der Waals surface area contributed by atoms with Crippen LogP contribution >= 0.6 is 0 Å². The molecule has 0 bridgehead atoms. The van der Waals surface area contributed by atoms with Crippen molar-refractivity contribution in [3.63, 3.8) is 0 Å². The van der Waals surface area contributed by atoms with E-state index in [4.69, 9.17) is 33.2 Å². The van der Waals surface area contributed by atoms with Crippen molar-refractivity contribution in [2.75, 3.05) is 19.8 Å². The highest BCUT2D eigenvalue weighted by Gasteiger charge is 2.68. The Morgan fingerprint density at radius 2 is 1.40 bits per heavy atom. The monoisotopic (exact) mass is 902 g/mol. The topological polar surface area (TPSA) is 287 Å². The molecular formula is C45H74O18. The second-order valence-corrected chi connectivity index (χ2v) is 21.0. The van der Waals surface area contributed by atoms with Crippen LogP contribution in [-0.4, -0.2) is 186 Å². The van der Waals surface area contributed by atoms with Crippen LogP contribution in [0.5, 0.6) is 0 Å². The zero-order chi connectivity index (χ0) is 45.5. The molecule has 8 rings (SSSR count). The highest BCUT2D eigenvalue weighted by molar-refractivity contribution is 5.26. The van der Waals surface area contributed by atoms with Crippen molar-refractivity contribution in [3.8, 4) is 0 Å². The summed E-state index contributed by atoms with van der Waals surface area (Å²) in [4.78, 5) is 0. The Kier molecular flexibility index (Phi) is 14.2. The van der Waals surface area contributed by atoms with Gasteiger partial charge in [-0.2, -0.15) is 0 Å². The number of rotatable bonds is 12. The molecule has 0 aromatic rings. The van der Waals surface area contributed by atoms with E-state index in [9.17, 15) is 56.2 Å². The maximum absolute atomic E-state index is 12.0. The first kappa shape index (κ1) is 48.5. The van der Waals surface area contributed by atoms with Gasteiger partial charge in [0.15, 0.2) is 24.7 Å². The van der Waals surface area contributed by atoms with Crippen molar-refractivity contribution in [3.05, 3.63) is 11.6 Å². The minimum Gasteiger partial charge on any atom is -0.394 e. The quantitative estimate of drug-likeness (QED) is 0.107. The number of ether oxygens (including phenoxy) is 7. The third-order valence-corrected chi connectivity index (χ3v) is 17.4. The molecule has 3 saturated carbocycles. The largest absolute Gasteiger partial charge is 0.394 e. The lowest BCUT2D eigenvalue weighted by atomic mass is 9.47. The van der Waals surface area contributed by atoms with E-state index in [1.165, 1.54) is 12.5 Å². The normalized spacial score (nSPS) is 55.0. The Morgan fingerprint density at radius 3 is 2.10 bits per heavy atom. The van der Waals surface area contributed by atoms with Gasteiger partial charge in [-0.1, -0.05) is 39.3 Å². The van der Waals surface area contributed by atoms with Crippen LogP contribution in [0.3, 0.4) is 0 Å². The number of aliphatic hydroxyl groups is 11. The predicted octanol–water partition coefficient (Wildman–Crippen LogP) is -0.831. The Balaban J connectivity index is 0.885.